The smallest absolute Gasteiger partial charge is 0.417 e. The molecule has 0 amide bonds. The number of pyridine rings is 1. The van der Waals surface area contributed by atoms with Crippen molar-refractivity contribution in [1.82, 2.24) is 4.98 Å². The number of hydrogen-bond donors (Lipinski definition) is 0. The summed E-state index contributed by atoms with van der Waals surface area (Å²) in [6, 6.07) is 9.28. The number of ether oxygens (including phenoxy) is 1. The van der Waals surface area contributed by atoms with Gasteiger partial charge in [0.2, 0.25) is 0 Å². The van der Waals surface area contributed by atoms with E-state index in [1.54, 1.807) is 37.3 Å². The zero-order valence-corrected chi connectivity index (χ0v) is 15.7. The fourth-order valence-corrected chi connectivity index (χ4v) is 3.21. The fourth-order valence-electron chi connectivity index (χ4n) is 2.29. The number of benzene rings is 1. The molecule has 0 bridgehead atoms. The molecule has 0 aliphatic heterocycles. The molecule has 0 N–H and O–H groups in total. The second-order valence-corrected chi connectivity index (χ2v) is 7.05. The van der Waals surface area contributed by atoms with E-state index in [-0.39, 0.29) is 17.3 Å². The van der Waals surface area contributed by atoms with Crippen LogP contribution in [-0.2, 0) is 15.7 Å². The summed E-state index contributed by atoms with van der Waals surface area (Å²) < 4.78 is 45.4. The highest BCUT2D eigenvalue weighted by atomic mass is 32.2. The number of rotatable bonds is 5. The summed E-state index contributed by atoms with van der Waals surface area (Å²) in [5.41, 5.74) is -0.149. The number of hydrogen-bond acceptors (Lipinski definition) is 5. The van der Waals surface area contributed by atoms with Crippen LogP contribution >= 0.6 is 11.8 Å². The minimum absolute atomic E-state index is 0.0832. The number of thioether (sulfide) groups is 1. The van der Waals surface area contributed by atoms with Crippen LogP contribution in [-0.4, -0.2) is 22.8 Å². The van der Waals surface area contributed by atoms with E-state index < -0.39 is 28.5 Å². The lowest BCUT2D eigenvalue weighted by Crippen LogP contribution is -2.18. The van der Waals surface area contributed by atoms with E-state index in [2.05, 4.69) is 4.98 Å². The maximum atomic E-state index is 13.5. The van der Waals surface area contributed by atoms with Crippen molar-refractivity contribution in [2.45, 2.75) is 37.2 Å². The topological polar surface area (TPSA) is 63.0 Å². The Bertz CT molecular complexity index is 874. The van der Waals surface area contributed by atoms with Crippen LogP contribution in [0.5, 0.6) is 0 Å². The summed E-state index contributed by atoms with van der Waals surface area (Å²) >= 11 is 0.777. The van der Waals surface area contributed by atoms with Gasteiger partial charge >= 0.3 is 12.1 Å². The largest absolute Gasteiger partial charge is 0.465 e. The third kappa shape index (κ3) is 5.01. The van der Waals surface area contributed by atoms with E-state index >= 15 is 0 Å². The van der Waals surface area contributed by atoms with Gasteiger partial charge in [-0.3, -0.25) is 4.79 Å². The van der Waals surface area contributed by atoms with Crippen molar-refractivity contribution in [3.05, 3.63) is 47.0 Å². The van der Waals surface area contributed by atoms with Gasteiger partial charge in [-0.15, -0.1) is 0 Å². The SMILES string of the molecule is CCOC(=O)C(C)Sc1nc(-c2ccc(C)cc2)cc(C(F)(F)F)c1C#N. The summed E-state index contributed by atoms with van der Waals surface area (Å²) in [7, 11) is 0. The second kappa shape index (κ2) is 8.44. The number of alkyl halides is 3. The molecule has 1 aromatic carbocycles. The van der Waals surface area contributed by atoms with Crippen molar-refractivity contribution >= 4 is 17.7 Å². The number of halogens is 3. The number of carbonyl (C=O) groups is 1. The van der Waals surface area contributed by atoms with E-state index in [1.807, 2.05) is 6.92 Å². The first-order valence-corrected chi connectivity index (χ1v) is 8.98. The normalized spacial score (nSPS) is 12.3. The molecule has 0 saturated carbocycles. The van der Waals surface area contributed by atoms with Gasteiger partial charge in [0.1, 0.15) is 16.3 Å². The Kier molecular flexibility index (Phi) is 6.50. The molecule has 1 heterocycles. The van der Waals surface area contributed by atoms with Crippen LogP contribution in [0.25, 0.3) is 11.3 Å². The number of nitriles is 1. The van der Waals surface area contributed by atoms with E-state index in [1.165, 1.54) is 6.92 Å². The molecular formula is C19H17F3N2O2S. The zero-order chi connectivity index (χ0) is 20.2. The van der Waals surface area contributed by atoms with Gasteiger partial charge in [0, 0.05) is 5.56 Å². The Morgan fingerprint density at radius 1 is 1.33 bits per heavy atom. The number of aromatic nitrogens is 1. The highest BCUT2D eigenvalue weighted by Gasteiger charge is 2.36. The van der Waals surface area contributed by atoms with Crippen LogP contribution in [0.2, 0.25) is 0 Å². The van der Waals surface area contributed by atoms with E-state index in [4.69, 9.17) is 4.74 Å². The maximum absolute atomic E-state index is 13.5. The summed E-state index contributed by atoms with van der Waals surface area (Å²) in [5.74, 6) is -0.581. The first-order valence-electron chi connectivity index (χ1n) is 8.10. The molecule has 1 aromatic heterocycles. The molecule has 0 saturated heterocycles. The van der Waals surface area contributed by atoms with E-state index in [0.717, 1.165) is 23.4 Å². The predicted molar refractivity (Wildman–Crippen MR) is 96.1 cm³/mol. The van der Waals surface area contributed by atoms with Crippen molar-refractivity contribution in [2.75, 3.05) is 6.61 Å². The molecule has 2 rings (SSSR count). The first kappa shape index (κ1) is 20.8. The highest BCUT2D eigenvalue weighted by molar-refractivity contribution is 8.00. The molecule has 1 unspecified atom stereocenters. The number of nitrogens with zero attached hydrogens (tertiary/aromatic N) is 2. The van der Waals surface area contributed by atoms with Gasteiger partial charge < -0.3 is 4.74 Å². The van der Waals surface area contributed by atoms with Gasteiger partial charge in [-0.1, -0.05) is 41.6 Å². The Hall–Kier alpha value is -2.53. The average molecular weight is 394 g/mol. The van der Waals surface area contributed by atoms with Crippen molar-refractivity contribution < 1.29 is 22.7 Å². The third-order valence-corrected chi connectivity index (χ3v) is 4.72. The van der Waals surface area contributed by atoms with E-state index in [9.17, 15) is 23.2 Å². The second-order valence-electron chi connectivity index (χ2n) is 5.72. The Balaban J connectivity index is 2.59. The zero-order valence-electron chi connectivity index (χ0n) is 14.9. The van der Waals surface area contributed by atoms with Crippen LogP contribution in [0.4, 0.5) is 13.2 Å². The Morgan fingerprint density at radius 2 is 1.96 bits per heavy atom. The molecule has 0 aliphatic rings. The summed E-state index contributed by atoms with van der Waals surface area (Å²) in [6.45, 7) is 5.14. The van der Waals surface area contributed by atoms with Crippen LogP contribution in [0.3, 0.4) is 0 Å². The molecule has 27 heavy (non-hydrogen) atoms. The summed E-state index contributed by atoms with van der Waals surface area (Å²) in [5, 5.41) is 8.34. The lowest BCUT2D eigenvalue weighted by atomic mass is 10.0. The molecule has 142 valence electrons. The molecule has 0 spiro atoms. The molecule has 8 heteroatoms. The van der Waals surface area contributed by atoms with Crippen molar-refractivity contribution in [3.8, 4) is 17.3 Å². The Labute approximate surface area is 159 Å². The standard InChI is InChI=1S/C19H17F3N2O2S/c1-4-26-18(25)12(3)27-17-14(10-23)15(19(20,21)22)9-16(24-17)13-7-5-11(2)6-8-13/h5-9,12H,4H2,1-3H3. The highest BCUT2D eigenvalue weighted by Crippen LogP contribution is 2.39. The van der Waals surface area contributed by atoms with Gasteiger partial charge in [0.15, 0.2) is 0 Å². The minimum atomic E-state index is -4.73. The molecule has 4 nitrogen and oxygen atoms in total. The van der Waals surface area contributed by atoms with E-state index in [0.29, 0.717) is 5.56 Å². The third-order valence-electron chi connectivity index (χ3n) is 3.66. The Morgan fingerprint density at radius 3 is 2.48 bits per heavy atom. The molecule has 1 atom stereocenters. The summed E-state index contributed by atoms with van der Waals surface area (Å²) in [6.07, 6.45) is -4.73. The molecule has 0 fully saturated rings. The van der Waals surface area contributed by atoms with Gasteiger partial charge in [-0.05, 0) is 26.8 Å². The van der Waals surface area contributed by atoms with Crippen LogP contribution in [0.1, 0.15) is 30.5 Å². The fraction of sp³-hybridized carbons (Fsp3) is 0.316. The van der Waals surface area contributed by atoms with Crippen LogP contribution in [0.15, 0.2) is 35.4 Å². The predicted octanol–water partition coefficient (Wildman–Crippen LogP) is 4.99. The van der Waals surface area contributed by atoms with Crippen molar-refractivity contribution in [3.63, 3.8) is 0 Å². The molecule has 0 radical (unpaired) electrons. The van der Waals surface area contributed by atoms with Crippen LogP contribution in [0, 0.1) is 18.3 Å². The van der Waals surface area contributed by atoms with Crippen molar-refractivity contribution in [2.24, 2.45) is 0 Å². The minimum Gasteiger partial charge on any atom is -0.465 e. The average Bonchev–Trinajstić information content (AvgIpc) is 2.61. The summed E-state index contributed by atoms with van der Waals surface area (Å²) in [4.78, 5) is 16.1. The molecular weight excluding hydrogens is 377 g/mol. The maximum Gasteiger partial charge on any atom is 0.417 e. The van der Waals surface area contributed by atoms with Gasteiger partial charge in [0.05, 0.1) is 23.4 Å². The van der Waals surface area contributed by atoms with Crippen LogP contribution < -0.4 is 0 Å². The van der Waals surface area contributed by atoms with Gasteiger partial charge in [0.25, 0.3) is 0 Å². The van der Waals surface area contributed by atoms with Gasteiger partial charge in [-0.25, -0.2) is 4.98 Å². The lowest BCUT2D eigenvalue weighted by Gasteiger charge is -2.16. The molecule has 2 aromatic rings. The number of esters is 1. The first-order chi connectivity index (χ1) is 12.7. The monoisotopic (exact) mass is 394 g/mol. The number of carbonyl (C=O) groups excluding carboxylic acids is 1. The quantitative estimate of drug-likeness (QED) is 0.528. The molecule has 0 aliphatic carbocycles. The van der Waals surface area contributed by atoms with Crippen molar-refractivity contribution in [1.29, 1.82) is 5.26 Å². The lowest BCUT2D eigenvalue weighted by molar-refractivity contribution is -0.142. The number of aryl methyl sites for hydroxylation is 1. The van der Waals surface area contributed by atoms with Gasteiger partial charge in [-0.2, -0.15) is 18.4 Å².